The van der Waals surface area contributed by atoms with Gasteiger partial charge in [0.2, 0.25) is 0 Å². The summed E-state index contributed by atoms with van der Waals surface area (Å²) >= 11 is 0. The van der Waals surface area contributed by atoms with E-state index >= 15 is 0 Å². The number of fused-ring (bicyclic) bond motifs is 1. The van der Waals surface area contributed by atoms with Crippen LogP contribution < -0.4 is 11.2 Å². The molecule has 0 saturated heterocycles. The average Bonchev–Trinajstić information content (AvgIpc) is 2.91. The third-order valence-corrected chi connectivity index (χ3v) is 4.57. The first-order chi connectivity index (χ1) is 12.6. The van der Waals surface area contributed by atoms with E-state index in [1.807, 2.05) is 6.07 Å². The molecule has 4 rings (SSSR count). The standard InChI is InChI=1S/C20H14N2O4/c23-17-13-8-4-5-9-14(13)18(24)16(17)15-10-21-20(26)22(19(15)25)11-12-6-2-1-3-7-12/h1-10,16H,11H2,(H,21,26). The van der Waals surface area contributed by atoms with E-state index < -0.39 is 28.7 Å². The van der Waals surface area contributed by atoms with Crippen molar-refractivity contribution in [3.63, 3.8) is 0 Å². The van der Waals surface area contributed by atoms with Crippen LogP contribution in [0.3, 0.4) is 0 Å². The lowest BCUT2D eigenvalue weighted by Crippen LogP contribution is -2.39. The molecule has 1 heterocycles. The molecule has 0 aliphatic heterocycles. The van der Waals surface area contributed by atoms with Crippen molar-refractivity contribution < 1.29 is 9.59 Å². The topological polar surface area (TPSA) is 89.0 Å². The molecule has 0 saturated carbocycles. The lowest BCUT2D eigenvalue weighted by molar-refractivity contribution is 0.0888. The molecule has 0 radical (unpaired) electrons. The maximum Gasteiger partial charge on any atom is 0.328 e. The number of rotatable bonds is 3. The van der Waals surface area contributed by atoms with Crippen molar-refractivity contribution in [1.29, 1.82) is 0 Å². The summed E-state index contributed by atoms with van der Waals surface area (Å²) in [4.78, 5) is 52.8. The summed E-state index contributed by atoms with van der Waals surface area (Å²) in [5.74, 6) is -2.04. The Morgan fingerprint density at radius 2 is 1.38 bits per heavy atom. The summed E-state index contributed by atoms with van der Waals surface area (Å²) in [7, 11) is 0. The van der Waals surface area contributed by atoms with Gasteiger partial charge >= 0.3 is 5.69 Å². The first kappa shape index (κ1) is 16.0. The van der Waals surface area contributed by atoms with Gasteiger partial charge in [0, 0.05) is 17.3 Å². The molecule has 0 fully saturated rings. The minimum atomic E-state index is -1.21. The number of ketones is 2. The molecular weight excluding hydrogens is 332 g/mol. The Kier molecular flexibility index (Phi) is 3.73. The van der Waals surface area contributed by atoms with Crippen molar-refractivity contribution in [1.82, 2.24) is 9.55 Å². The first-order valence-corrected chi connectivity index (χ1v) is 8.11. The zero-order valence-electron chi connectivity index (χ0n) is 13.6. The predicted molar refractivity (Wildman–Crippen MR) is 94.7 cm³/mol. The third kappa shape index (κ3) is 2.43. The average molecular weight is 346 g/mol. The van der Waals surface area contributed by atoms with Crippen LogP contribution in [0.5, 0.6) is 0 Å². The number of benzene rings is 2. The largest absolute Gasteiger partial charge is 0.328 e. The van der Waals surface area contributed by atoms with E-state index in [0.29, 0.717) is 11.1 Å². The smallest absolute Gasteiger partial charge is 0.314 e. The molecule has 128 valence electrons. The second kappa shape index (κ2) is 6.07. The number of Topliss-reactive ketones (excluding diaryl/α,β-unsaturated/α-hetero) is 2. The molecule has 1 N–H and O–H groups in total. The summed E-state index contributed by atoms with van der Waals surface area (Å²) in [5.41, 5.74) is 0.164. The molecule has 6 heteroatoms. The molecule has 6 nitrogen and oxygen atoms in total. The van der Waals surface area contributed by atoms with Gasteiger partial charge in [-0.2, -0.15) is 0 Å². The van der Waals surface area contributed by atoms with Gasteiger partial charge < -0.3 is 4.98 Å². The Balaban J connectivity index is 1.81. The Morgan fingerprint density at radius 3 is 2.00 bits per heavy atom. The van der Waals surface area contributed by atoms with Crippen LogP contribution in [-0.4, -0.2) is 21.1 Å². The normalized spacial score (nSPS) is 13.8. The Morgan fingerprint density at radius 1 is 0.808 bits per heavy atom. The fourth-order valence-corrected chi connectivity index (χ4v) is 3.27. The predicted octanol–water partition coefficient (Wildman–Crippen LogP) is 1.75. The van der Waals surface area contributed by atoms with Crippen LogP contribution in [0, 0.1) is 0 Å². The molecular formula is C20H14N2O4. The lowest BCUT2D eigenvalue weighted by Gasteiger charge is -2.10. The third-order valence-electron chi connectivity index (χ3n) is 4.57. The highest BCUT2D eigenvalue weighted by atomic mass is 16.2. The number of carbonyl (C=O) groups is 2. The zero-order valence-corrected chi connectivity index (χ0v) is 13.6. The Bertz CT molecular complexity index is 1110. The SMILES string of the molecule is O=C1c2ccccc2C(=O)C1c1c[nH]c(=O)n(Cc2ccccc2)c1=O. The Labute approximate surface area is 147 Å². The second-order valence-corrected chi connectivity index (χ2v) is 6.13. The molecule has 0 unspecified atom stereocenters. The van der Waals surface area contributed by atoms with Crippen LogP contribution in [-0.2, 0) is 6.54 Å². The summed E-state index contributed by atoms with van der Waals surface area (Å²) < 4.78 is 1.01. The molecule has 0 atom stereocenters. The van der Waals surface area contributed by atoms with Crippen molar-refractivity contribution in [2.75, 3.05) is 0 Å². The minimum Gasteiger partial charge on any atom is -0.314 e. The van der Waals surface area contributed by atoms with Crippen LogP contribution in [0.25, 0.3) is 0 Å². The molecule has 1 aromatic heterocycles. The zero-order chi connectivity index (χ0) is 18.3. The van der Waals surface area contributed by atoms with Crippen LogP contribution >= 0.6 is 0 Å². The minimum absolute atomic E-state index is 0.00766. The van der Waals surface area contributed by atoms with Crippen molar-refractivity contribution in [3.8, 4) is 0 Å². The number of aromatic nitrogens is 2. The van der Waals surface area contributed by atoms with E-state index in [1.165, 1.54) is 6.20 Å². The molecule has 26 heavy (non-hydrogen) atoms. The number of nitrogens with one attached hydrogen (secondary N) is 1. The first-order valence-electron chi connectivity index (χ1n) is 8.11. The highest BCUT2D eigenvalue weighted by molar-refractivity contribution is 6.29. The molecule has 0 spiro atoms. The van der Waals surface area contributed by atoms with Gasteiger partial charge in [-0.1, -0.05) is 54.6 Å². The van der Waals surface area contributed by atoms with Crippen LogP contribution in [0.4, 0.5) is 0 Å². The number of hydrogen-bond acceptors (Lipinski definition) is 4. The van der Waals surface area contributed by atoms with E-state index in [1.54, 1.807) is 48.5 Å². The summed E-state index contributed by atoms with van der Waals surface area (Å²) in [6, 6.07) is 15.5. The molecule has 2 aromatic carbocycles. The van der Waals surface area contributed by atoms with Gasteiger partial charge in [-0.25, -0.2) is 4.79 Å². The fourth-order valence-electron chi connectivity index (χ4n) is 3.27. The maximum absolute atomic E-state index is 12.9. The van der Waals surface area contributed by atoms with E-state index in [0.717, 1.165) is 10.1 Å². The highest BCUT2D eigenvalue weighted by Crippen LogP contribution is 2.32. The molecule has 0 bridgehead atoms. The fraction of sp³-hybridized carbons (Fsp3) is 0.100. The quantitative estimate of drug-likeness (QED) is 0.732. The van der Waals surface area contributed by atoms with E-state index in [-0.39, 0.29) is 12.1 Å². The monoisotopic (exact) mass is 346 g/mol. The van der Waals surface area contributed by atoms with Gasteiger partial charge in [0.25, 0.3) is 5.56 Å². The number of H-pyrrole nitrogens is 1. The number of carbonyl (C=O) groups excluding carboxylic acids is 2. The van der Waals surface area contributed by atoms with E-state index in [2.05, 4.69) is 4.98 Å². The van der Waals surface area contributed by atoms with E-state index in [4.69, 9.17) is 0 Å². The van der Waals surface area contributed by atoms with Gasteiger partial charge in [0.1, 0.15) is 5.92 Å². The number of nitrogens with zero attached hydrogens (tertiary/aromatic N) is 1. The molecule has 3 aromatic rings. The van der Waals surface area contributed by atoms with Gasteiger partial charge in [0.15, 0.2) is 11.6 Å². The highest BCUT2D eigenvalue weighted by Gasteiger charge is 2.41. The van der Waals surface area contributed by atoms with Crippen LogP contribution in [0.1, 0.15) is 37.8 Å². The van der Waals surface area contributed by atoms with Gasteiger partial charge in [0.05, 0.1) is 12.1 Å². The number of hydrogen-bond donors (Lipinski definition) is 1. The van der Waals surface area contributed by atoms with Crippen molar-refractivity contribution in [2.24, 2.45) is 0 Å². The van der Waals surface area contributed by atoms with Crippen LogP contribution in [0.2, 0.25) is 0 Å². The lowest BCUT2D eigenvalue weighted by atomic mass is 9.96. The van der Waals surface area contributed by atoms with Crippen molar-refractivity contribution in [3.05, 3.63) is 104 Å². The molecule has 1 aliphatic rings. The Hall–Kier alpha value is -3.54. The van der Waals surface area contributed by atoms with Gasteiger partial charge in [-0.05, 0) is 5.56 Å². The second-order valence-electron chi connectivity index (χ2n) is 6.13. The van der Waals surface area contributed by atoms with E-state index in [9.17, 15) is 19.2 Å². The molecule has 0 amide bonds. The van der Waals surface area contributed by atoms with Crippen molar-refractivity contribution in [2.45, 2.75) is 12.5 Å². The maximum atomic E-state index is 12.9. The summed E-state index contributed by atoms with van der Waals surface area (Å²) in [5, 5.41) is 0. The van der Waals surface area contributed by atoms with Gasteiger partial charge in [-0.3, -0.25) is 19.0 Å². The van der Waals surface area contributed by atoms with Crippen LogP contribution in [0.15, 0.2) is 70.4 Å². The number of aromatic amines is 1. The molecule has 1 aliphatic carbocycles. The van der Waals surface area contributed by atoms with Crippen molar-refractivity contribution >= 4 is 11.6 Å². The summed E-state index contributed by atoms with van der Waals surface area (Å²) in [6.07, 6.45) is 1.18. The summed E-state index contributed by atoms with van der Waals surface area (Å²) in [6.45, 7) is 0.0604. The van der Waals surface area contributed by atoms with Gasteiger partial charge in [-0.15, -0.1) is 0 Å².